The first-order valence-corrected chi connectivity index (χ1v) is 8.81. The van der Waals surface area contributed by atoms with Crippen molar-refractivity contribution in [2.75, 3.05) is 7.05 Å². The molecule has 0 atom stereocenters. The SMILES string of the molecule is CN(Cc1nc2c(s1)CCCC2)C(=O)CC1(O)CCCC1. The first-order chi connectivity index (χ1) is 10.1. The molecule has 0 aliphatic heterocycles. The molecule has 1 saturated carbocycles. The number of fused-ring (bicyclic) bond motifs is 1. The van der Waals surface area contributed by atoms with Crippen molar-refractivity contribution in [1.29, 1.82) is 0 Å². The minimum Gasteiger partial charge on any atom is -0.389 e. The van der Waals surface area contributed by atoms with Crippen LogP contribution in [0.4, 0.5) is 0 Å². The Balaban J connectivity index is 1.59. The lowest BCUT2D eigenvalue weighted by Crippen LogP contribution is -2.35. The highest BCUT2D eigenvalue weighted by Gasteiger charge is 2.34. The number of hydrogen-bond acceptors (Lipinski definition) is 4. The Morgan fingerprint density at radius 1 is 1.29 bits per heavy atom. The van der Waals surface area contributed by atoms with E-state index in [0.717, 1.165) is 43.5 Å². The van der Waals surface area contributed by atoms with Crippen LogP contribution in [0.25, 0.3) is 0 Å². The van der Waals surface area contributed by atoms with Gasteiger partial charge in [-0.1, -0.05) is 12.8 Å². The number of amides is 1. The molecule has 0 unspecified atom stereocenters. The predicted molar refractivity (Wildman–Crippen MR) is 83.3 cm³/mol. The van der Waals surface area contributed by atoms with Crippen molar-refractivity contribution in [3.8, 4) is 0 Å². The Labute approximate surface area is 130 Å². The van der Waals surface area contributed by atoms with E-state index in [0.29, 0.717) is 6.54 Å². The molecular formula is C16H24N2O2S. The fraction of sp³-hybridized carbons (Fsp3) is 0.750. The van der Waals surface area contributed by atoms with E-state index in [1.54, 1.807) is 16.2 Å². The molecule has 21 heavy (non-hydrogen) atoms. The molecule has 0 saturated heterocycles. The molecule has 3 rings (SSSR count). The predicted octanol–water partition coefficient (Wildman–Crippen LogP) is 2.68. The minimum atomic E-state index is -0.756. The highest BCUT2D eigenvalue weighted by molar-refractivity contribution is 7.11. The van der Waals surface area contributed by atoms with E-state index in [1.807, 2.05) is 7.05 Å². The Morgan fingerprint density at radius 3 is 2.71 bits per heavy atom. The summed E-state index contributed by atoms with van der Waals surface area (Å²) >= 11 is 1.76. The number of aromatic nitrogens is 1. The summed E-state index contributed by atoms with van der Waals surface area (Å²) in [6.45, 7) is 0.576. The summed E-state index contributed by atoms with van der Waals surface area (Å²) in [6, 6.07) is 0. The van der Waals surface area contributed by atoms with Crippen LogP contribution in [-0.4, -0.2) is 33.5 Å². The van der Waals surface area contributed by atoms with Gasteiger partial charge >= 0.3 is 0 Å². The van der Waals surface area contributed by atoms with Gasteiger partial charge in [-0.15, -0.1) is 11.3 Å². The largest absolute Gasteiger partial charge is 0.389 e. The van der Waals surface area contributed by atoms with Crippen LogP contribution in [0.1, 0.15) is 60.5 Å². The lowest BCUT2D eigenvalue weighted by molar-refractivity contribution is -0.135. The Hall–Kier alpha value is -0.940. The summed E-state index contributed by atoms with van der Waals surface area (Å²) < 4.78 is 0. The van der Waals surface area contributed by atoms with E-state index >= 15 is 0 Å². The molecule has 0 radical (unpaired) electrons. The van der Waals surface area contributed by atoms with Gasteiger partial charge < -0.3 is 10.0 Å². The highest BCUT2D eigenvalue weighted by Crippen LogP contribution is 2.33. The third-order valence-corrected chi connectivity index (χ3v) is 5.84. The van der Waals surface area contributed by atoms with Gasteiger partial charge in [0.25, 0.3) is 0 Å². The molecule has 1 aromatic rings. The summed E-state index contributed by atoms with van der Waals surface area (Å²) in [7, 11) is 1.82. The van der Waals surface area contributed by atoms with Crippen LogP contribution in [0.2, 0.25) is 0 Å². The molecular weight excluding hydrogens is 284 g/mol. The van der Waals surface area contributed by atoms with E-state index in [2.05, 4.69) is 4.98 Å². The quantitative estimate of drug-likeness (QED) is 0.930. The molecule has 1 amide bonds. The number of thiazole rings is 1. The first kappa shape index (κ1) is 15.0. The Bertz CT molecular complexity index is 497. The van der Waals surface area contributed by atoms with Gasteiger partial charge in [-0.25, -0.2) is 4.98 Å². The number of rotatable bonds is 4. The van der Waals surface area contributed by atoms with E-state index in [1.165, 1.54) is 23.4 Å². The normalized spacial score (nSPS) is 20.3. The van der Waals surface area contributed by atoms with Crippen LogP contribution in [0.3, 0.4) is 0 Å². The minimum absolute atomic E-state index is 0.0348. The number of aryl methyl sites for hydroxylation is 2. The fourth-order valence-corrected chi connectivity index (χ4v) is 4.60. The molecule has 0 bridgehead atoms. The molecule has 5 heteroatoms. The molecule has 1 N–H and O–H groups in total. The van der Waals surface area contributed by atoms with Crippen LogP contribution in [0, 0.1) is 0 Å². The van der Waals surface area contributed by atoms with Crippen molar-refractivity contribution in [2.45, 2.75) is 69.9 Å². The lowest BCUT2D eigenvalue weighted by Gasteiger charge is -2.24. The standard InChI is InChI=1S/C16H24N2O2S/c1-18(15(19)10-16(20)8-4-5-9-16)11-14-17-12-6-2-3-7-13(12)21-14/h20H,2-11H2,1H3. The second-order valence-electron chi connectivity index (χ2n) is 6.54. The van der Waals surface area contributed by atoms with Gasteiger partial charge in [0.05, 0.1) is 24.3 Å². The van der Waals surface area contributed by atoms with E-state index in [4.69, 9.17) is 0 Å². The molecule has 2 aliphatic rings. The number of aliphatic hydroxyl groups is 1. The van der Waals surface area contributed by atoms with Crippen molar-refractivity contribution < 1.29 is 9.90 Å². The Morgan fingerprint density at radius 2 is 2.00 bits per heavy atom. The third kappa shape index (κ3) is 3.46. The van der Waals surface area contributed by atoms with E-state index in [-0.39, 0.29) is 12.3 Å². The number of hydrogen-bond donors (Lipinski definition) is 1. The van der Waals surface area contributed by atoms with Gasteiger partial charge in [-0.2, -0.15) is 0 Å². The third-order valence-electron chi connectivity index (χ3n) is 4.70. The molecule has 1 fully saturated rings. The zero-order valence-corrected chi connectivity index (χ0v) is 13.5. The van der Waals surface area contributed by atoms with Gasteiger partial charge in [-0.3, -0.25) is 4.79 Å². The smallest absolute Gasteiger partial charge is 0.225 e. The van der Waals surface area contributed by atoms with Gasteiger partial charge in [0.1, 0.15) is 5.01 Å². The fourth-order valence-electron chi connectivity index (χ4n) is 3.39. The molecule has 0 spiro atoms. The van der Waals surface area contributed by atoms with Crippen LogP contribution in [0.15, 0.2) is 0 Å². The second-order valence-corrected chi connectivity index (χ2v) is 7.71. The van der Waals surface area contributed by atoms with Gasteiger partial charge in [0, 0.05) is 11.9 Å². The maximum atomic E-state index is 12.3. The van der Waals surface area contributed by atoms with Crippen LogP contribution < -0.4 is 0 Å². The van der Waals surface area contributed by atoms with Crippen LogP contribution in [-0.2, 0) is 24.2 Å². The summed E-state index contributed by atoms with van der Waals surface area (Å²) in [5.41, 5.74) is 0.490. The number of carbonyl (C=O) groups is 1. The van der Waals surface area contributed by atoms with Gasteiger partial charge in [0.15, 0.2) is 0 Å². The van der Waals surface area contributed by atoms with Crippen molar-refractivity contribution in [2.24, 2.45) is 0 Å². The van der Waals surface area contributed by atoms with Gasteiger partial charge in [0.2, 0.25) is 5.91 Å². The summed E-state index contributed by atoms with van der Waals surface area (Å²) in [5, 5.41) is 11.4. The maximum Gasteiger partial charge on any atom is 0.225 e. The summed E-state index contributed by atoms with van der Waals surface area (Å²) in [6.07, 6.45) is 8.58. The average molecular weight is 308 g/mol. The zero-order valence-electron chi connectivity index (χ0n) is 12.7. The van der Waals surface area contributed by atoms with Crippen LogP contribution >= 0.6 is 11.3 Å². The van der Waals surface area contributed by atoms with E-state index in [9.17, 15) is 9.90 Å². The monoisotopic (exact) mass is 308 g/mol. The van der Waals surface area contributed by atoms with Gasteiger partial charge in [-0.05, 0) is 38.5 Å². The maximum absolute atomic E-state index is 12.3. The molecule has 0 aromatic carbocycles. The van der Waals surface area contributed by atoms with Crippen LogP contribution in [0.5, 0.6) is 0 Å². The highest BCUT2D eigenvalue weighted by atomic mass is 32.1. The van der Waals surface area contributed by atoms with Crippen molar-refractivity contribution in [3.05, 3.63) is 15.6 Å². The molecule has 1 heterocycles. The van der Waals surface area contributed by atoms with Crippen molar-refractivity contribution >= 4 is 17.2 Å². The number of carbonyl (C=O) groups excluding carboxylic acids is 1. The zero-order chi connectivity index (χ0) is 14.9. The summed E-state index contributed by atoms with van der Waals surface area (Å²) in [5.74, 6) is 0.0348. The molecule has 4 nitrogen and oxygen atoms in total. The second kappa shape index (κ2) is 6.05. The molecule has 2 aliphatic carbocycles. The van der Waals surface area contributed by atoms with E-state index < -0.39 is 5.60 Å². The molecule has 1 aromatic heterocycles. The lowest BCUT2D eigenvalue weighted by atomic mass is 9.97. The average Bonchev–Trinajstić information content (AvgIpc) is 3.04. The number of nitrogens with zero attached hydrogens (tertiary/aromatic N) is 2. The molecule has 116 valence electrons. The van der Waals surface area contributed by atoms with Crippen molar-refractivity contribution in [1.82, 2.24) is 9.88 Å². The topological polar surface area (TPSA) is 53.4 Å². The Kier molecular flexibility index (Phi) is 4.31. The first-order valence-electron chi connectivity index (χ1n) is 8.00. The summed E-state index contributed by atoms with van der Waals surface area (Å²) in [4.78, 5) is 20.1. The van der Waals surface area contributed by atoms with Crippen molar-refractivity contribution in [3.63, 3.8) is 0 Å².